The van der Waals surface area contributed by atoms with Crippen molar-refractivity contribution in [2.24, 2.45) is 0 Å². The highest BCUT2D eigenvalue weighted by atomic mass is 35.5. The van der Waals surface area contributed by atoms with E-state index in [0.717, 1.165) is 10.1 Å². The number of carbonyl (C=O) groups excluding carboxylic acids is 1. The second-order valence-corrected chi connectivity index (χ2v) is 6.75. The zero-order valence-corrected chi connectivity index (χ0v) is 16.1. The molecule has 6 nitrogen and oxygen atoms in total. The Kier molecular flexibility index (Phi) is 4.58. The highest BCUT2D eigenvalue weighted by molar-refractivity contribution is 6.32. The predicted octanol–water partition coefficient (Wildman–Crippen LogP) is 4.00. The Morgan fingerprint density at radius 3 is 2.56 bits per heavy atom. The van der Waals surface area contributed by atoms with Gasteiger partial charge in [-0.15, -0.1) is 0 Å². The summed E-state index contributed by atoms with van der Waals surface area (Å²) in [7, 11) is 0. The van der Waals surface area contributed by atoms with E-state index in [1.807, 2.05) is 13.0 Å². The number of aromatic nitrogens is 1. The molecule has 1 N–H and O–H groups in total. The van der Waals surface area contributed by atoms with Gasteiger partial charge in [0, 0.05) is 22.5 Å². The van der Waals surface area contributed by atoms with Crippen molar-refractivity contribution < 1.29 is 14.3 Å². The van der Waals surface area contributed by atoms with Gasteiger partial charge < -0.3 is 9.52 Å². The van der Waals surface area contributed by atoms with Gasteiger partial charge in [0.25, 0.3) is 5.56 Å². The molecule has 0 saturated heterocycles. The number of hydrogen-bond donors (Lipinski definition) is 1. The minimum Gasteiger partial charge on any atom is -0.494 e. The van der Waals surface area contributed by atoms with E-state index in [0.29, 0.717) is 21.6 Å². The Morgan fingerprint density at radius 1 is 1.30 bits per heavy atom. The molecule has 0 aliphatic carbocycles. The number of furan rings is 1. The quantitative estimate of drug-likeness (QED) is 0.688. The summed E-state index contributed by atoms with van der Waals surface area (Å²) < 4.78 is 6.75. The number of hydrogen-bond acceptors (Lipinski definition) is 5. The molecule has 0 unspecified atom stereocenters. The Morgan fingerprint density at radius 2 is 1.96 bits per heavy atom. The Labute approximate surface area is 160 Å². The molecule has 0 amide bonds. The molecule has 3 aromatic rings. The number of fused-ring (bicyclic) bond motifs is 1. The first-order chi connectivity index (χ1) is 12.7. The van der Waals surface area contributed by atoms with Gasteiger partial charge >= 0.3 is 0 Å². The third-order valence-electron chi connectivity index (χ3n) is 4.77. The molecule has 27 heavy (non-hydrogen) atoms. The fourth-order valence-corrected chi connectivity index (χ4v) is 3.35. The van der Waals surface area contributed by atoms with Crippen LogP contribution in [0, 0.1) is 32.1 Å². The summed E-state index contributed by atoms with van der Waals surface area (Å²) in [5, 5.41) is 21.1. The van der Waals surface area contributed by atoms with Crippen LogP contribution >= 0.6 is 11.6 Å². The van der Waals surface area contributed by atoms with Crippen molar-refractivity contribution in [2.75, 3.05) is 0 Å². The van der Waals surface area contributed by atoms with Crippen LogP contribution in [-0.2, 0) is 6.54 Å². The van der Waals surface area contributed by atoms with Crippen molar-refractivity contribution in [3.05, 3.63) is 61.1 Å². The number of nitrogens with zero attached hydrogens (tertiary/aromatic N) is 2. The molecule has 0 fully saturated rings. The monoisotopic (exact) mass is 384 g/mol. The van der Waals surface area contributed by atoms with E-state index >= 15 is 0 Å². The van der Waals surface area contributed by atoms with Crippen LogP contribution < -0.4 is 5.56 Å². The van der Waals surface area contributed by atoms with Crippen molar-refractivity contribution in [3.8, 4) is 11.9 Å². The summed E-state index contributed by atoms with van der Waals surface area (Å²) in [6.07, 6.45) is 0. The average molecular weight is 385 g/mol. The molecule has 1 aromatic carbocycles. The molecular weight excluding hydrogens is 368 g/mol. The van der Waals surface area contributed by atoms with E-state index in [9.17, 15) is 20.0 Å². The Balaban J connectivity index is 2.32. The molecule has 0 spiro atoms. The predicted molar refractivity (Wildman–Crippen MR) is 102 cm³/mol. The van der Waals surface area contributed by atoms with Gasteiger partial charge in [-0.2, -0.15) is 5.26 Å². The highest BCUT2D eigenvalue weighted by Crippen LogP contribution is 2.33. The number of aryl methyl sites for hydroxylation is 2. The van der Waals surface area contributed by atoms with Gasteiger partial charge in [0.05, 0.1) is 5.56 Å². The lowest BCUT2D eigenvalue weighted by Gasteiger charge is -2.13. The van der Waals surface area contributed by atoms with Crippen LogP contribution in [0.5, 0.6) is 5.88 Å². The number of rotatable bonds is 3. The van der Waals surface area contributed by atoms with Gasteiger partial charge in [0.15, 0.2) is 5.76 Å². The van der Waals surface area contributed by atoms with Crippen LogP contribution in [0.25, 0.3) is 11.0 Å². The standard InChI is InChI=1S/C20H17ClN2O4/c1-5-23-19(25)13(8-22)10(3)16(20(23)26)17(24)18-11(4)12-7-14(21)9(2)6-15(12)27-18/h6-7,26H,5H2,1-4H3. The maximum atomic E-state index is 13.2. The SMILES string of the molecule is CCn1c(O)c(C(=O)c2oc3cc(C)c(Cl)cc3c2C)c(C)c(C#N)c1=O. The van der Waals surface area contributed by atoms with Crippen LogP contribution in [0.1, 0.15) is 45.3 Å². The number of pyridine rings is 1. The van der Waals surface area contributed by atoms with E-state index in [4.69, 9.17) is 16.0 Å². The summed E-state index contributed by atoms with van der Waals surface area (Å²) in [6.45, 7) is 6.77. The Hall–Kier alpha value is -3.04. The van der Waals surface area contributed by atoms with Crippen LogP contribution in [-0.4, -0.2) is 15.5 Å². The van der Waals surface area contributed by atoms with Crippen LogP contribution in [0.2, 0.25) is 5.02 Å². The molecule has 0 atom stereocenters. The normalized spacial score (nSPS) is 11.0. The minimum atomic E-state index is -0.629. The molecule has 0 radical (unpaired) electrons. The lowest BCUT2D eigenvalue weighted by molar-refractivity contribution is 0.101. The van der Waals surface area contributed by atoms with Crippen LogP contribution in [0.15, 0.2) is 21.3 Å². The van der Waals surface area contributed by atoms with Gasteiger partial charge in [-0.1, -0.05) is 11.6 Å². The molecule has 0 bridgehead atoms. The largest absolute Gasteiger partial charge is 0.494 e. The van der Waals surface area contributed by atoms with E-state index in [1.165, 1.54) is 6.92 Å². The molecule has 2 aromatic heterocycles. The molecule has 0 aliphatic heterocycles. The van der Waals surface area contributed by atoms with Crippen molar-refractivity contribution in [3.63, 3.8) is 0 Å². The molecule has 0 saturated carbocycles. The first-order valence-corrected chi connectivity index (χ1v) is 8.71. The number of aromatic hydroxyl groups is 1. The molecule has 138 valence electrons. The lowest BCUT2D eigenvalue weighted by Crippen LogP contribution is -2.26. The van der Waals surface area contributed by atoms with Crippen molar-refractivity contribution in [2.45, 2.75) is 34.2 Å². The summed E-state index contributed by atoms with van der Waals surface area (Å²) >= 11 is 6.17. The third-order valence-corrected chi connectivity index (χ3v) is 5.17. The van der Waals surface area contributed by atoms with E-state index in [-0.39, 0.29) is 29.0 Å². The number of nitriles is 1. The van der Waals surface area contributed by atoms with Crippen molar-refractivity contribution in [1.82, 2.24) is 4.57 Å². The first-order valence-electron chi connectivity index (χ1n) is 8.33. The maximum absolute atomic E-state index is 13.2. The zero-order valence-electron chi connectivity index (χ0n) is 15.3. The first kappa shape index (κ1) is 18.7. The van der Waals surface area contributed by atoms with Gasteiger partial charge in [0.1, 0.15) is 17.2 Å². The second-order valence-electron chi connectivity index (χ2n) is 6.34. The lowest BCUT2D eigenvalue weighted by atomic mass is 9.98. The molecule has 7 heteroatoms. The van der Waals surface area contributed by atoms with Gasteiger partial charge in [-0.05, 0) is 51.0 Å². The average Bonchev–Trinajstić information content (AvgIpc) is 2.92. The maximum Gasteiger partial charge on any atom is 0.271 e. The van der Waals surface area contributed by atoms with Crippen LogP contribution in [0.3, 0.4) is 0 Å². The van der Waals surface area contributed by atoms with Crippen molar-refractivity contribution in [1.29, 1.82) is 5.26 Å². The Bertz CT molecular complexity index is 1210. The van der Waals surface area contributed by atoms with E-state index in [2.05, 4.69) is 0 Å². The number of benzene rings is 1. The summed E-state index contributed by atoms with van der Waals surface area (Å²) in [5.41, 5.74) is 1.09. The second kappa shape index (κ2) is 6.60. The smallest absolute Gasteiger partial charge is 0.271 e. The summed E-state index contributed by atoms with van der Waals surface area (Å²) in [6, 6.07) is 5.29. The molecule has 3 rings (SSSR count). The van der Waals surface area contributed by atoms with E-state index < -0.39 is 17.2 Å². The highest BCUT2D eigenvalue weighted by Gasteiger charge is 2.28. The fraction of sp³-hybridized carbons (Fsp3) is 0.250. The van der Waals surface area contributed by atoms with Gasteiger partial charge in [-0.25, -0.2) is 0 Å². The third kappa shape index (κ3) is 2.71. The van der Waals surface area contributed by atoms with Gasteiger partial charge in [0.2, 0.25) is 11.7 Å². The number of carbonyl (C=O) groups is 1. The minimum absolute atomic E-state index is 0.0373. The van der Waals surface area contributed by atoms with Crippen LogP contribution in [0.4, 0.5) is 0 Å². The zero-order chi connectivity index (χ0) is 20.0. The fourth-order valence-electron chi connectivity index (χ4n) is 3.19. The van der Waals surface area contributed by atoms with Crippen molar-refractivity contribution >= 4 is 28.4 Å². The molecule has 0 aliphatic rings. The van der Waals surface area contributed by atoms with E-state index in [1.54, 1.807) is 26.0 Å². The summed E-state index contributed by atoms with van der Waals surface area (Å²) in [5.74, 6) is -1.03. The topological polar surface area (TPSA) is 96.2 Å². The number of ketones is 1. The molecular formula is C20H17ClN2O4. The summed E-state index contributed by atoms with van der Waals surface area (Å²) in [4.78, 5) is 25.5. The number of halogens is 1. The molecule has 2 heterocycles. The van der Waals surface area contributed by atoms with Gasteiger partial charge in [-0.3, -0.25) is 14.2 Å².